The number of fused-ring (bicyclic) bond motifs is 3. The summed E-state index contributed by atoms with van der Waals surface area (Å²) in [7, 11) is 1.84. The van der Waals surface area contributed by atoms with Crippen LogP contribution in [0.2, 0.25) is 0 Å². The van der Waals surface area contributed by atoms with Crippen LogP contribution in [0.15, 0.2) is 24.3 Å². The molecule has 0 unspecified atom stereocenters. The Morgan fingerprint density at radius 2 is 2.23 bits per heavy atom. The highest BCUT2D eigenvalue weighted by Crippen LogP contribution is 2.30. The first-order chi connectivity index (χ1) is 12.6. The second-order valence-corrected chi connectivity index (χ2v) is 7.38. The molecule has 0 saturated carbocycles. The average Bonchev–Trinajstić information content (AvgIpc) is 3.26. The van der Waals surface area contributed by atoms with Crippen LogP contribution < -0.4 is 5.32 Å². The first kappa shape index (κ1) is 17.5. The predicted octanol–water partition coefficient (Wildman–Crippen LogP) is 1.40. The van der Waals surface area contributed by atoms with Gasteiger partial charge in [0.25, 0.3) is 5.91 Å². The van der Waals surface area contributed by atoms with E-state index in [1.807, 2.05) is 29.8 Å². The molecule has 3 heterocycles. The summed E-state index contributed by atoms with van der Waals surface area (Å²) in [4.78, 5) is 14.5. The molecule has 1 aromatic carbocycles. The number of nitrogens with one attached hydrogen (secondary N) is 1. The molecule has 0 radical (unpaired) electrons. The van der Waals surface area contributed by atoms with E-state index in [0.717, 1.165) is 61.1 Å². The van der Waals surface area contributed by atoms with E-state index in [4.69, 9.17) is 4.74 Å². The van der Waals surface area contributed by atoms with Crippen molar-refractivity contribution in [3.8, 4) is 0 Å². The smallest absolute Gasteiger partial charge is 0.270 e. The van der Waals surface area contributed by atoms with Crippen molar-refractivity contribution in [2.45, 2.75) is 38.0 Å². The van der Waals surface area contributed by atoms with Gasteiger partial charge in [0.05, 0.1) is 18.8 Å². The van der Waals surface area contributed by atoms with Crippen LogP contribution in [-0.2, 0) is 17.7 Å². The monoisotopic (exact) mass is 357 g/mol. The van der Waals surface area contributed by atoms with Crippen molar-refractivity contribution in [2.75, 3.05) is 33.3 Å². The molecule has 2 N–H and O–H groups in total. The van der Waals surface area contributed by atoms with E-state index in [9.17, 15) is 9.90 Å². The van der Waals surface area contributed by atoms with E-state index in [-0.39, 0.29) is 12.0 Å². The van der Waals surface area contributed by atoms with Gasteiger partial charge < -0.3 is 24.6 Å². The Morgan fingerprint density at radius 1 is 1.38 bits per heavy atom. The number of aliphatic hydroxyl groups is 1. The minimum absolute atomic E-state index is 0.0435. The number of carbonyl (C=O) groups is 1. The standard InChI is InChI=1S/C20H27N3O3/c1-22-9-8-17-16-6-2-3-7-18(16)23(19(17)20(22)25)13-14(24)11-21-12-15-5-4-10-26-15/h2-3,6-7,14-15,21,24H,4-5,8-13H2,1H3/t14-,15+/m1/s1. The number of nitrogens with zero attached hydrogens (tertiary/aromatic N) is 2. The van der Waals surface area contributed by atoms with Crippen molar-refractivity contribution in [1.29, 1.82) is 0 Å². The number of aromatic nitrogens is 1. The van der Waals surface area contributed by atoms with Gasteiger partial charge in [0.2, 0.25) is 0 Å². The normalized spacial score (nSPS) is 21.4. The molecule has 1 amide bonds. The van der Waals surface area contributed by atoms with Gasteiger partial charge in [-0.25, -0.2) is 0 Å². The number of ether oxygens (including phenoxy) is 1. The number of hydrogen-bond acceptors (Lipinski definition) is 4. The van der Waals surface area contributed by atoms with E-state index in [1.165, 1.54) is 0 Å². The molecule has 0 aliphatic carbocycles. The summed E-state index contributed by atoms with van der Waals surface area (Å²) < 4.78 is 7.60. The summed E-state index contributed by atoms with van der Waals surface area (Å²) in [5.74, 6) is 0.0435. The van der Waals surface area contributed by atoms with Gasteiger partial charge in [-0.2, -0.15) is 0 Å². The largest absolute Gasteiger partial charge is 0.390 e. The highest BCUT2D eigenvalue weighted by Gasteiger charge is 2.29. The maximum atomic E-state index is 12.8. The first-order valence-electron chi connectivity index (χ1n) is 9.51. The van der Waals surface area contributed by atoms with E-state index in [2.05, 4.69) is 11.4 Å². The van der Waals surface area contributed by atoms with Crippen LogP contribution in [0.5, 0.6) is 0 Å². The number of amides is 1. The molecular formula is C20H27N3O3. The highest BCUT2D eigenvalue weighted by atomic mass is 16.5. The third-order valence-electron chi connectivity index (χ3n) is 5.49. The lowest BCUT2D eigenvalue weighted by Crippen LogP contribution is -2.38. The van der Waals surface area contributed by atoms with Gasteiger partial charge in [-0.1, -0.05) is 18.2 Å². The molecule has 4 rings (SSSR count). The van der Waals surface area contributed by atoms with Crippen molar-refractivity contribution in [3.63, 3.8) is 0 Å². The van der Waals surface area contributed by atoms with E-state index in [1.54, 1.807) is 4.90 Å². The predicted molar refractivity (Wildman–Crippen MR) is 100 cm³/mol. The SMILES string of the molecule is CN1CCc2c(n(C[C@H](O)CNC[C@@H]3CCCO3)c3ccccc23)C1=O. The Bertz CT molecular complexity index is 795. The third-order valence-corrected chi connectivity index (χ3v) is 5.49. The van der Waals surface area contributed by atoms with Crippen molar-refractivity contribution in [3.05, 3.63) is 35.5 Å². The van der Waals surface area contributed by atoms with Crippen LogP contribution in [0.1, 0.15) is 28.9 Å². The van der Waals surface area contributed by atoms with E-state index >= 15 is 0 Å². The molecule has 2 aliphatic heterocycles. The second-order valence-electron chi connectivity index (χ2n) is 7.38. The Kier molecular flexibility index (Phi) is 4.98. The number of hydrogen-bond donors (Lipinski definition) is 2. The van der Waals surface area contributed by atoms with Crippen LogP contribution >= 0.6 is 0 Å². The lowest BCUT2D eigenvalue weighted by atomic mass is 10.0. The fourth-order valence-corrected chi connectivity index (χ4v) is 4.12. The minimum atomic E-state index is -0.559. The number of para-hydroxylation sites is 1. The molecule has 2 aliphatic rings. The molecule has 2 aromatic rings. The Labute approximate surface area is 153 Å². The van der Waals surface area contributed by atoms with Crippen molar-refractivity contribution in [2.24, 2.45) is 0 Å². The minimum Gasteiger partial charge on any atom is -0.390 e. The summed E-state index contributed by atoms with van der Waals surface area (Å²) in [6, 6.07) is 8.11. The van der Waals surface area contributed by atoms with E-state index in [0.29, 0.717) is 13.1 Å². The number of aliphatic hydroxyl groups excluding tert-OH is 1. The van der Waals surface area contributed by atoms with Gasteiger partial charge in [0.1, 0.15) is 5.69 Å². The summed E-state index contributed by atoms with van der Waals surface area (Å²) in [6.07, 6.45) is 2.76. The van der Waals surface area contributed by atoms with Gasteiger partial charge in [0, 0.05) is 44.2 Å². The van der Waals surface area contributed by atoms with Gasteiger partial charge >= 0.3 is 0 Å². The fraction of sp³-hybridized carbons (Fsp3) is 0.550. The quantitative estimate of drug-likeness (QED) is 0.820. The summed E-state index contributed by atoms with van der Waals surface area (Å²) >= 11 is 0. The zero-order chi connectivity index (χ0) is 18.1. The Balaban J connectivity index is 1.53. The van der Waals surface area contributed by atoms with Crippen molar-refractivity contribution in [1.82, 2.24) is 14.8 Å². The zero-order valence-electron chi connectivity index (χ0n) is 15.3. The summed E-state index contributed by atoms with van der Waals surface area (Å²) in [5.41, 5.74) is 2.88. The number of carbonyl (C=O) groups excluding carboxylic acids is 1. The van der Waals surface area contributed by atoms with E-state index < -0.39 is 6.10 Å². The fourth-order valence-electron chi connectivity index (χ4n) is 4.12. The molecule has 26 heavy (non-hydrogen) atoms. The summed E-state index contributed by atoms with van der Waals surface area (Å²) in [6.45, 7) is 3.25. The lowest BCUT2D eigenvalue weighted by Gasteiger charge is -2.25. The van der Waals surface area contributed by atoms with Crippen LogP contribution in [0.4, 0.5) is 0 Å². The Morgan fingerprint density at radius 3 is 3.04 bits per heavy atom. The molecule has 0 spiro atoms. The van der Waals surface area contributed by atoms with Gasteiger partial charge in [-0.3, -0.25) is 4.79 Å². The van der Waals surface area contributed by atoms with Crippen LogP contribution in [-0.4, -0.2) is 66.0 Å². The maximum absolute atomic E-state index is 12.8. The Hall–Kier alpha value is -1.89. The van der Waals surface area contributed by atoms with Crippen LogP contribution in [0, 0.1) is 0 Å². The molecule has 140 valence electrons. The number of likely N-dealkylation sites (N-methyl/N-ethyl adjacent to an activating group) is 1. The topological polar surface area (TPSA) is 66.7 Å². The highest BCUT2D eigenvalue weighted by molar-refractivity contribution is 6.02. The second kappa shape index (κ2) is 7.39. The van der Waals surface area contributed by atoms with Crippen molar-refractivity contribution < 1.29 is 14.6 Å². The average molecular weight is 357 g/mol. The third kappa shape index (κ3) is 3.24. The lowest BCUT2D eigenvalue weighted by molar-refractivity contribution is 0.0763. The molecule has 6 nitrogen and oxygen atoms in total. The molecule has 1 aromatic heterocycles. The molecule has 6 heteroatoms. The maximum Gasteiger partial charge on any atom is 0.270 e. The van der Waals surface area contributed by atoms with Crippen LogP contribution in [0.3, 0.4) is 0 Å². The number of rotatable bonds is 6. The molecule has 1 fully saturated rings. The summed E-state index contributed by atoms with van der Waals surface area (Å²) in [5, 5.41) is 15.0. The molecular weight excluding hydrogens is 330 g/mol. The van der Waals surface area contributed by atoms with Gasteiger partial charge in [-0.05, 0) is 30.9 Å². The van der Waals surface area contributed by atoms with Crippen molar-refractivity contribution >= 4 is 16.8 Å². The number of benzene rings is 1. The van der Waals surface area contributed by atoms with Crippen LogP contribution in [0.25, 0.3) is 10.9 Å². The molecule has 1 saturated heterocycles. The first-order valence-corrected chi connectivity index (χ1v) is 9.51. The van der Waals surface area contributed by atoms with Gasteiger partial charge in [-0.15, -0.1) is 0 Å². The van der Waals surface area contributed by atoms with Gasteiger partial charge in [0.15, 0.2) is 0 Å². The molecule has 0 bridgehead atoms. The zero-order valence-corrected chi connectivity index (χ0v) is 15.3. The molecule has 2 atom stereocenters.